The third kappa shape index (κ3) is 3.27. The number of piperazine rings is 1. The fraction of sp³-hybridized carbons (Fsp3) is 0.417. The van der Waals surface area contributed by atoms with Crippen LogP contribution in [0.2, 0.25) is 0 Å². The summed E-state index contributed by atoms with van der Waals surface area (Å²) in [5, 5.41) is 0. The van der Waals surface area contributed by atoms with Gasteiger partial charge in [0.05, 0.1) is 17.8 Å². The first-order valence-electron chi connectivity index (χ1n) is 6.02. The topological polar surface area (TPSA) is 91.6 Å². The Bertz CT molecular complexity index is 474. The average molecular weight is 263 g/mol. The first-order chi connectivity index (χ1) is 9.10. The highest BCUT2D eigenvalue weighted by Gasteiger charge is 2.21. The molecule has 1 fully saturated rings. The van der Waals surface area contributed by atoms with E-state index in [1.807, 2.05) is 4.90 Å². The largest absolute Gasteiger partial charge is 0.343 e. The molecule has 2 heterocycles. The molecule has 0 unspecified atom stereocenters. The minimum atomic E-state index is -0.367. The van der Waals surface area contributed by atoms with Gasteiger partial charge < -0.3 is 4.90 Å². The van der Waals surface area contributed by atoms with Crippen LogP contribution in [0.4, 0.5) is 0 Å². The summed E-state index contributed by atoms with van der Waals surface area (Å²) in [5.74, 6) is 4.79. The SMILES string of the molecule is CN1CCN(Cc2ccc(C(=O)NN)cn2)CC1=O. The molecule has 0 aliphatic carbocycles. The quantitative estimate of drug-likeness (QED) is 0.413. The number of nitrogens with one attached hydrogen (secondary N) is 1. The Morgan fingerprint density at radius 2 is 2.26 bits per heavy atom. The van der Waals surface area contributed by atoms with E-state index in [9.17, 15) is 9.59 Å². The molecule has 1 aromatic heterocycles. The Balaban J connectivity index is 1.96. The van der Waals surface area contributed by atoms with Crippen LogP contribution in [0.1, 0.15) is 16.1 Å². The van der Waals surface area contributed by atoms with Crippen molar-refractivity contribution in [1.82, 2.24) is 20.2 Å². The molecule has 2 amide bonds. The summed E-state index contributed by atoms with van der Waals surface area (Å²) in [6, 6.07) is 3.44. The molecule has 1 aliphatic heterocycles. The van der Waals surface area contributed by atoms with Crippen LogP contribution >= 0.6 is 0 Å². The van der Waals surface area contributed by atoms with Crippen molar-refractivity contribution in [2.45, 2.75) is 6.54 Å². The number of aromatic nitrogens is 1. The molecule has 2 rings (SSSR count). The molecule has 0 bridgehead atoms. The third-order valence-electron chi connectivity index (χ3n) is 3.14. The number of hydrogen-bond donors (Lipinski definition) is 2. The van der Waals surface area contributed by atoms with Gasteiger partial charge in [0.25, 0.3) is 5.91 Å². The van der Waals surface area contributed by atoms with Crippen LogP contribution in [-0.4, -0.2) is 53.3 Å². The van der Waals surface area contributed by atoms with Crippen molar-refractivity contribution in [1.29, 1.82) is 0 Å². The molecule has 1 aliphatic rings. The van der Waals surface area contributed by atoms with Gasteiger partial charge in [-0.1, -0.05) is 0 Å². The summed E-state index contributed by atoms with van der Waals surface area (Å²) in [7, 11) is 1.80. The molecule has 3 N–H and O–H groups in total. The predicted molar refractivity (Wildman–Crippen MR) is 68.8 cm³/mol. The van der Waals surface area contributed by atoms with E-state index in [-0.39, 0.29) is 11.8 Å². The van der Waals surface area contributed by atoms with Crippen LogP contribution in [0.5, 0.6) is 0 Å². The van der Waals surface area contributed by atoms with Crippen LogP contribution in [0.15, 0.2) is 18.3 Å². The number of nitrogens with zero attached hydrogens (tertiary/aromatic N) is 3. The van der Waals surface area contributed by atoms with Crippen molar-refractivity contribution in [3.63, 3.8) is 0 Å². The number of hydrazine groups is 1. The third-order valence-corrected chi connectivity index (χ3v) is 3.14. The van der Waals surface area contributed by atoms with Crippen molar-refractivity contribution in [3.05, 3.63) is 29.6 Å². The summed E-state index contributed by atoms with van der Waals surface area (Å²) < 4.78 is 0. The number of rotatable bonds is 3. The first kappa shape index (κ1) is 13.4. The second-order valence-electron chi connectivity index (χ2n) is 4.54. The molecule has 0 atom stereocenters. The second kappa shape index (κ2) is 5.77. The molecule has 0 saturated carbocycles. The zero-order chi connectivity index (χ0) is 13.8. The zero-order valence-corrected chi connectivity index (χ0v) is 10.8. The molecule has 1 aromatic rings. The highest BCUT2D eigenvalue weighted by Crippen LogP contribution is 2.07. The van der Waals surface area contributed by atoms with E-state index in [4.69, 9.17) is 5.84 Å². The number of likely N-dealkylation sites (N-methyl/N-ethyl adjacent to an activating group) is 1. The van der Waals surface area contributed by atoms with Gasteiger partial charge in [-0.25, -0.2) is 5.84 Å². The van der Waals surface area contributed by atoms with Gasteiger partial charge in [0.2, 0.25) is 5.91 Å². The molecule has 7 heteroatoms. The maximum atomic E-state index is 11.6. The molecular weight excluding hydrogens is 246 g/mol. The summed E-state index contributed by atoms with van der Waals surface area (Å²) in [6.07, 6.45) is 1.48. The number of nitrogen functional groups attached to an aromatic ring is 1. The number of hydrogen-bond acceptors (Lipinski definition) is 5. The van der Waals surface area contributed by atoms with E-state index in [0.717, 1.165) is 18.8 Å². The molecule has 0 spiro atoms. The number of nitrogens with two attached hydrogens (primary N) is 1. The van der Waals surface area contributed by atoms with E-state index >= 15 is 0 Å². The monoisotopic (exact) mass is 263 g/mol. The van der Waals surface area contributed by atoms with Gasteiger partial charge in [-0.2, -0.15) is 0 Å². The van der Waals surface area contributed by atoms with E-state index < -0.39 is 0 Å². The predicted octanol–water partition coefficient (Wildman–Crippen LogP) is -1.04. The van der Waals surface area contributed by atoms with Crippen molar-refractivity contribution < 1.29 is 9.59 Å². The Kier molecular flexibility index (Phi) is 4.08. The Morgan fingerprint density at radius 1 is 1.47 bits per heavy atom. The highest BCUT2D eigenvalue weighted by molar-refractivity contribution is 5.93. The first-order valence-corrected chi connectivity index (χ1v) is 6.02. The summed E-state index contributed by atoms with van der Waals surface area (Å²) in [5.41, 5.74) is 3.30. The lowest BCUT2D eigenvalue weighted by Gasteiger charge is -2.31. The van der Waals surface area contributed by atoms with E-state index in [1.54, 1.807) is 24.1 Å². The lowest BCUT2D eigenvalue weighted by atomic mass is 10.2. The Morgan fingerprint density at radius 3 is 2.84 bits per heavy atom. The van der Waals surface area contributed by atoms with Gasteiger partial charge in [0, 0.05) is 32.9 Å². The second-order valence-corrected chi connectivity index (χ2v) is 4.54. The van der Waals surface area contributed by atoms with Crippen molar-refractivity contribution in [3.8, 4) is 0 Å². The molecule has 0 radical (unpaired) electrons. The molecular formula is C12H17N5O2. The van der Waals surface area contributed by atoms with Gasteiger partial charge in [-0.05, 0) is 12.1 Å². The zero-order valence-electron chi connectivity index (χ0n) is 10.8. The van der Waals surface area contributed by atoms with Crippen LogP contribution in [0.25, 0.3) is 0 Å². The minimum absolute atomic E-state index is 0.116. The van der Waals surface area contributed by atoms with Crippen LogP contribution in [0, 0.1) is 0 Å². The van der Waals surface area contributed by atoms with Gasteiger partial charge in [-0.3, -0.25) is 24.9 Å². The summed E-state index contributed by atoms with van der Waals surface area (Å²) in [6.45, 7) is 2.56. The van der Waals surface area contributed by atoms with Gasteiger partial charge >= 0.3 is 0 Å². The molecule has 1 saturated heterocycles. The fourth-order valence-electron chi connectivity index (χ4n) is 1.91. The summed E-state index contributed by atoms with van der Waals surface area (Å²) in [4.78, 5) is 30.8. The molecule has 102 valence electrons. The normalized spacial score (nSPS) is 16.5. The van der Waals surface area contributed by atoms with Gasteiger partial charge in [0.1, 0.15) is 0 Å². The van der Waals surface area contributed by atoms with E-state index in [1.165, 1.54) is 6.20 Å². The van der Waals surface area contributed by atoms with Crippen molar-refractivity contribution >= 4 is 11.8 Å². The van der Waals surface area contributed by atoms with Crippen molar-refractivity contribution in [2.75, 3.05) is 26.7 Å². The number of carbonyl (C=O) groups is 2. The molecule has 19 heavy (non-hydrogen) atoms. The van der Waals surface area contributed by atoms with Gasteiger partial charge in [0.15, 0.2) is 0 Å². The van der Waals surface area contributed by atoms with E-state index in [0.29, 0.717) is 18.7 Å². The average Bonchev–Trinajstić information content (AvgIpc) is 2.43. The van der Waals surface area contributed by atoms with Gasteiger partial charge in [-0.15, -0.1) is 0 Å². The maximum Gasteiger partial charge on any atom is 0.266 e. The summed E-state index contributed by atoms with van der Waals surface area (Å²) >= 11 is 0. The Hall–Kier alpha value is -1.99. The van der Waals surface area contributed by atoms with Crippen molar-refractivity contribution in [2.24, 2.45) is 5.84 Å². The fourth-order valence-corrected chi connectivity index (χ4v) is 1.91. The van der Waals surface area contributed by atoms with Crippen LogP contribution in [-0.2, 0) is 11.3 Å². The number of carbonyl (C=O) groups excluding carboxylic acids is 2. The molecule has 0 aromatic carbocycles. The lowest BCUT2D eigenvalue weighted by molar-refractivity contribution is -0.134. The standard InChI is InChI=1S/C12H17N5O2/c1-16-4-5-17(8-11(16)18)7-10-3-2-9(6-14-10)12(19)15-13/h2-3,6H,4-5,7-8,13H2,1H3,(H,15,19). The minimum Gasteiger partial charge on any atom is -0.343 e. The van der Waals surface area contributed by atoms with E-state index in [2.05, 4.69) is 10.4 Å². The lowest BCUT2D eigenvalue weighted by Crippen LogP contribution is -2.48. The number of amides is 2. The number of pyridine rings is 1. The highest BCUT2D eigenvalue weighted by atomic mass is 16.2. The molecule has 7 nitrogen and oxygen atoms in total. The smallest absolute Gasteiger partial charge is 0.266 e. The van der Waals surface area contributed by atoms with Crippen LogP contribution < -0.4 is 11.3 Å². The maximum absolute atomic E-state index is 11.6. The van der Waals surface area contributed by atoms with Crippen LogP contribution in [0.3, 0.4) is 0 Å². The Labute approximate surface area is 111 Å².